The van der Waals surface area contributed by atoms with Crippen LogP contribution in [0.15, 0.2) is 24.3 Å². The molecular weight excluding hydrogens is 332 g/mol. The number of anilines is 1. The van der Waals surface area contributed by atoms with Crippen LogP contribution < -0.4 is 22.1 Å². The molecule has 7 nitrogen and oxygen atoms in total. The highest BCUT2D eigenvalue weighted by molar-refractivity contribution is 5.87. The van der Waals surface area contributed by atoms with Crippen molar-refractivity contribution < 1.29 is 14.3 Å². The molecule has 0 spiro atoms. The summed E-state index contributed by atoms with van der Waals surface area (Å²) in [5.74, 6) is 0.0156. The van der Waals surface area contributed by atoms with E-state index < -0.39 is 12.1 Å². The van der Waals surface area contributed by atoms with Crippen LogP contribution in [0.1, 0.15) is 31.4 Å². The molecule has 1 aliphatic rings. The predicted molar refractivity (Wildman–Crippen MR) is 95.0 cm³/mol. The van der Waals surface area contributed by atoms with Crippen molar-refractivity contribution >= 4 is 30.0 Å². The topological polar surface area (TPSA) is 119 Å². The van der Waals surface area contributed by atoms with E-state index in [4.69, 9.17) is 16.2 Å². The van der Waals surface area contributed by atoms with Crippen molar-refractivity contribution in [3.05, 3.63) is 29.8 Å². The van der Waals surface area contributed by atoms with E-state index in [1.807, 2.05) is 19.1 Å². The van der Waals surface area contributed by atoms with Gasteiger partial charge in [-0.1, -0.05) is 12.1 Å². The summed E-state index contributed by atoms with van der Waals surface area (Å²) in [7, 11) is 0. The lowest BCUT2D eigenvalue weighted by Gasteiger charge is -2.28. The van der Waals surface area contributed by atoms with Crippen molar-refractivity contribution in [3.63, 3.8) is 0 Å². The second-order valence-electron chi connectivity index (χ2n) is 5.82. The largest absolute Gasteiger partial charge is 0.381 e. The predicted octanol–water partition coefficient (Wildman–Crippen LogP) is 1.53. The van der Waals surface area contributed by atoms with Crippen molar-refractivity contribution in [3.8, 4) is 0 Å². The lowest BCUT2D eigenvalue weighted by molar-refractivity contribution is -0.125. The minimum Gasteiger partial charge on any atom is -0.381 e. The summed E-state index contributed by atoms with van der Waals surface area (Å²) < 4.78 is 5.29. The number of urea groups is 1. The number of ether oxygens (including phenoxy) is 1. The molecular formula is C16H25ClN4O3. The molecule has 0 bridgehead atoms. The molecule has 2 atom stereocenters. The molecule has 134 valence electrons. The molecule has 1 heterocycles. The average Bonchev–Trinajstić information content (AvgIpc) is 2.55. The van der Waals surface area contributed by atoms with Gasteiger partial charge in [-0.25, -0.2) is 4.79 Å². The Labute approximate surface area is 147 Å². The Morgan fingerprint density at radius 3 is 2.33 bits per heavy atom. The summed E-state index contributed by atoms with van der Waals surface area (Å²) in [6.07, 6.45) is 1.63. The first kappa shape index (κ1) is 20.2. The van der Waals surface area contributed by atoms with Crippen LogP contribution >= 0.6 is 12.4 Å². The Bertz CT molecular complexity index is 547. The fourth-order valence-electron chi connectivity index (χ4n) is 2.68. The van der Waals surface area contributed by atoms with E-state index in [1.54, 1.807) is 12.1 Å². The van der Waals surface area contributed by atoms with Gasteiger partial charge in [0.25, 0.3) is 0 Å². The van der Waals surface area contributed by atoms with Gasteiger partial charge in [0.2, 0.25) is 5.91 Å². The maximum absolute atomic E-state index is 12.3. The molecule has 2 rings (SSSR count). The van der Waals surface area contributed by atoms with E-state index in [1.165, 1.54) is 0 Å². The summed E-state index contributed by atoms with van der Waals surface area (Å²) in [6.45, 7) is 3.22. The molecule has 24 heavy (non-hydrogen) atoms. The molecule has 1 fully saturated rings. The van der Waals surface area contributed by atoms with Gasteiger partial charge in [-0.3, -0.25) is 4.79 Å². The third-order valence-electron chi connectivity index (χ3n) is 4.11. The maximum Gasteiger partial charge on any atom is 0.316 e. The summed E-state index contributed by atoms with van der Waals surface area (Å²) in [5.41, 5.74) is 12.7. The Morgan fingerprint density at radius 2 is 1.79 bits per heavy atom. The lowest BCUT2D eigenvalue weighted by atomic mass is 9.91. The zero-order valence-corrected chi connectivity index (χ0v) is 14.5. The van der Waals surface area contributed by atoms with E-state index in [-0.39, 0.29) is 30.3 Å². The first-order valence-electron chi connectivity index (χ1n) is 7.77. The summed E-state index contributed by atoms with van der Waals surface area (Å²) in [5, 5.41) is 5.43. The van der Waals surface area contributed by atoms with Gasteiger partial charge in [-0.05, 0) is 43.4 Å². The van der Waals surface area contributed by atoms with Gasteiger partial charge in [0, 0.05) is 18.9 Å². The number of hydrogen-bond donors (Lipinski definition) is 4. The first-order valence-corrected chi connectivity index (χ1v) is 7.77. The van der Waals surface area contributed by atoms with Crippen molar-refractivity contribution in [1.29, 1.82) is 0 Å². The fourth-order valence-corrected chi connectivity index (χ4v) is 2.68. The van der Waals surface area contributed by atoms with E-state index in [0.717, 1.165) is 18.4 Å². The number of primary amides is 1. The van der Waals surface area contributed by atoms with Gasteiger partial charge < -0.3 is 26.8 Å². The van der Waals surface area contributed by atoms with Gasteiger partial charge in [0.15, 0.2) is 0 Å². The highest BCUT2D eigenvalue weighted by Gasteiger charge is 2.27. The number of hydrogen-bond acceptors (Lipinski definition) is 4. The maximum atomic E-state index is 12.3. The Balaban J connectivity index is 0.00000288. The van der Waals surface area contributed by atoms with Gasteiger partial charge in [0.05, 0.1) is 12.1 Å². The first-order chi connectivity index (χ1) is 11.0. The van der Waals surface area contributed by atoms with Gasteiger partial charge in [0.1, 0.15) is 0 Å². The van der Waals surface area contributed by atoms with E-state index in [2.05, 4.69) is 10.6 Å². The van der Waals surface area contributed by atoms with Crippen LogP contribution in [0.3, 0.4) is 0 Å². The number of nitrogens with one attached hydrogen (secondary N) is 2. The molecule has 1 aromatic carbocycles. The molecule has 0 saturated carbocycles. The normalized spacial score (nSPS) is 17.2. The molecule has 1 saturated heterocycles. The molecule has 0 aromatic heterocycles. The van der Waals surface area contributed by atoms with Crippen LogP contribution in [0.2, 0.25) is 0 Å². The van der Waals surface area contributed by atoms with Gasteiger partial charge in [-0.15, -0.1) is 12.4 Å². The summed E-state index contributed by atoms with van der Waals surface area (Å²) in [6, 6.07) is 5.84. The number of nitrogens with two attached hydrogens (primary N) is 2. The zero-order chi connectivity index (χ0) is 16.8. The van der Waals surface area contributed by atoms with Crippen LogP contribution in [0.5, 0.6) is 0 Å². The van der Waals surface area contributed by atoms with Crippen molar-refractivity contribution in [2.24, 2.45) is 17.4 Å². The van der Waals surface area contributed by atoms with Crippen LogP contribution in [0.4, 0.5) is 10.5 Å². The molecule has 1 aliphatic heterocycles. The average molecular weight is 357 g/mol. The van der Waals surface area contributed by atoms with E-state index in [0.29, 0.717) is 18.9 Å². The number of carbonyl (C=O) groups excluding carboxylic acids is 2. The highest BCUT2D eigenvalue weighted by Crippen LogP contribution is 2.20. The molecule has 1 aromatic rings. The van der Waals surface area contributed by atoms with Gasteiger partial charge >= 0.3 is 6.03 Å². The summed E-state index contributed by atoms with van der Waals surface area (Å²) >= 11 is 0. The Hall–Kier alpha value is -1.83. The SMILES string of the molecule is CC(NC(=O)C(N)C1CCOCC1)c1ccc(NC(N)=O)cc1.Cl. The van der Waals surface area contributed by atoms with Crippen LogP contribution in [-0.2, 0) is 9.53 Å². The smallest absolute Gasteiger partial charge is 0.316 e. The molecule has 0 radical (unpaired) electrons. The quantitative estimate of drug-likeness (QED) is 0.639. The number of carbonyl (C=O) groups is 2. The number of halogens is 1. The Morgan fingerprint density at radius 1 is 1.21 bits per heavy atom. The standard InChI is InChI=1S/C16H24N4O3.ClH/c1-10(11-2-4-13(5-3-11)20-16(18)22)19-15(21)14(17)12-6-8-23-9-7-12;/h2-5,10,12,14H,6-9,17H2,1H3,(H,19,21)(H3,18,20,22);1H. The van der Waals surface area contributed by atoms with Crippen molar-refractivity contribution in [1.82, 2.24) is 5.32 Å². The second kappa shape index (κ2) is 9.46. The number of rotatable bonds is 5. The number of amides is 3. The monoisotopic (exact) mass is 356 g/mol. The van der Waals surface area contributed by atoms with Crippen molar-refractivity contribution in [2.75, 3.05) is 18.5 Å². The van der Waals surface area contributed by atoms with Crippen LogP contribution in [-0.4, -0.2) is 31.2 Å². The fraction of sp³-hybridized carbons (Fsp3) is 0.500. The van der Waals surface area contributed by atoms with E-state index in [9.17, 15) is 9.59 Å². The highest BCUT2D eigenvalue weighted by atomic mass is 35.5. The molecule has 2 unspecified atom stereocenters. The van der Waals surface area contributed by atoms with Crippen LogP contribution in [0.25, 0.3) is 0 Å². The lowest BCUT2D eigenvalue weighted by Crippen LogP contribution is -2.47. The van der Waals surface area contributed by atoms with E-state index >= 15 is 0 Å². The minimum atomic E-state index is -0.610. The zero-order valence-electron chi connectivity index (χ0n) is 13.7. The van der Waals surface area contributed by atoms with Crippen LogP contribution in [0, 0.1) is 5.92 Å². The summed E-state index contributed by atoms with van der Waals surface area (Å²) in [4.78, 5) is 23.1. The molecule has 0 aliphatic carbocycles. The van der Waals surface area contributed by atoms with Gasteiger partial charge in [-0.2, -0.15) is 0 Å². The third kappa shape index (κ3) is 5.67. The third-order valence-corrected chi connectivity index (χ3v) is 4.11. The minimum absolute atomic E-state index is 0. The second-order valence-corrected chi connectivity index (χ2v) is 5.82. The molecule has 6 N–H and O–H groups in total. The number of benzene rings is 1. The molecule has 8 heteroatoms. The molecule has 3 amide bonds. The van der Waals surface area contributed by atoms with Crippen molar-refractivity contribution in [2.45, 2.75) is 31.8 Å². The Kier molecular flexibility index (Phi) is 7.97.